The van der Waals surface area contributed by atoms with E-state index in [-0.39, 0.29) is 11.7 Å². The fourth-order valence-electron chi connectivity index (χ4n) is 4.15. The lowest BCUT2D eigenvalue weighted by molar-refractivity contribution is 0.208. The number of halogens is 1. The van der Waals surface area contributed by atoms with Gasteiger partial charge in [-0.15, -0.1) is 0 Å². The second-order valence-corrected chi connectivity index (χ2v) is 8.73. The van der Waals surface area contributed by atoms with Crippen LogP contribution in [0, 0.1) is 19.7 Å². The van der Waals surface area contributed by atoms with Gasteiger partial charge in [-0.2, -0.15) is 0 Å². The van der Waals surface area contributed by atoms with Crippen molar-refractivity contribution in [2.75, 3.05) is 53.6 Å². The van der Waals surface area contributed by atoms with E-state index in [1.54, 1.807) is 17.2 Å². The third-order valence-corrected chi connectivity index (χ3v) is 6.10. The van der Waals surface area contributed by atoms with Crippen molar-refractivity contribution in [3.05, 3.63) is 71.7 Å². The maximum absolute atomic E-state index is 13.6. The minimum Gasteiger partial charge on any atom is -0.492 e. The van der Waals surface area contributed by atoms with Gasteiger partial charge in [-0.1, -0.05) is 18.2 Å². The standard InChI is InChI=1S/C27H31FN6O3/c1-4-37-23-10-8-20(28)16-22(23)31-26(35)30-21-9-11-24(29-17-21)33-12-14-34(15-13-33)27(36)32-25-18(2)6-5-7-19(25)3/h5-11,16-17H,4,12-15H2,1-3H3,(H,32,36)(H2,30,31,35). The van der Waals surface area contributed by atoms with Crippen LogP contribution in [0.3, 0.4) is 0 Å². The highest BCUT2D eigenvalue weighted by Gasteiger charge is 2.22. The zero-order valence-electron chi connectivity index (χ0n) is 21.2. The first-order valence-corrected chi connectivity index (χ1v) is 12.2. The molecule has 1 aliphatic heterocycles. The zero-order valence-corrected chi connectivity index (χ0v) is 21.2. The molecule has 194 valence electrons. The van der Waals surface area contributed by atoms with E-state index in [4.69, 9.17) is 4.74 Å². The molecular formula is C27H31FN6O3. The van der Waals surface area contributed by atoms with Crippen LogP contribution in [0.15, 0.2) is 54.7 Å². The smallest absolute Gasteiger partial charge is 0.323 e. The SMILES string of the molecule is CCOc1ccc(F)cc1NC(=O)Nc1ccc(N2CCN(C(=O)Nc3c(C)cccc3C)CC2)nc1. The summed E-state index contributed by atoms with van der Waals surface area (Å²) in [5.74, 6) is 0.659. The molecule has 0 aliphatic carbocycles. The number of ether oxygens (including phenoxy) is 1. The predicted octanol–water partition coefficient (Wildman–Crippen LogP) is 5.23. The summed E-state index contributed by atoms with van der Waals surface area (Å²) in [7, 11) is 0. The highest BCUT2D eigenvalue weighted by molar-refractivity contribution is 6.00. The van der Waals surface area contributed by atoms with Crippen LogP contribution in [0.1, 0.15) is 18.1 Å². The number of benzene rings is 2. The van der Waals surface area contributed by atoms with Gasteiger partial charge in [-0.25, -0.2) is 19.0 Å². The molecule has 1 aliphatic rings. The van der Waals surface area contributed by atoms with Gasteiger partial charge in [0.25, 0.3) is 0 Å². The Kier molecular flexibility index (Phi) is 8.07. The molecule has 9 nitrogen and oxygen atoms in total. The molecule has 2 heterocycles. The summed E-state index contributed by atoms with van der Waals surface area (Å²) in [6, 6.07) is 12.8. The Hall–Kier alpha value is -4.34. The number of anilines is 4. The fourth-order valence-corrected chi connectivity index (χ4v) is 4.15. The van der Waals surface area contributed by atoms with E-state index in [2.05, 4.69) is 25.8 Å². The van der Waals surface area contributed by atoms with Crippen molar-refractivity contribution < 1.29 is 18.7 Å². The van der Waals surface area contributed by atoms with Crippen LogP contribution in [-0.2, 0) is 0 Å². The number of nitrogens with zero attached hydrogens (tertiary/aromatic N) is 3. The number of pyridine rings is 1. The summed E-state index contributed by atoms with van der Waals surface area (Å²) in [5.41, 5.74) is 3.65. The number of nitrogens with one attached hydrogen (secondary N) is 3. The minimum absolute atomic E-state index is 0.110. The van der Waals surface area contributed by atoms with Crippen molar-refractivity contribution in [1.82, 2.24) is 9.88 Å². The van der Waals surface area contributed by atoms with E-state index in [1.807, 2.05) is 45.0 Å². The number of para-hydroxylation sites is 1. The molecule has 1 saturated heterocycles. The second-order valence-electron chi connectivity index (χ2n) is 8.73. The van der Waals surface area contributed by atoms with Crippen LogP contribution >= 0.6 is 0 Å². The average molecular weight is 507 g/mol. The van der Waals surface area contributed by atoms with Gasteiger partial charge in [0.2, 0.25) is 0 Å². The van der Waals surface area contributed by atoms with E-state index >= 15 is 0 Å². The van der Waals surface area contributed by atoms with Crippen molar-refractivity contribution in [3.63, 3.8) is 0 Å². The van der Waals surface area contributed by atoms with Crippen molar-refractivity contribution in [3.8, 4) is 5.75 Å². The van der Waals surface area contributed by atoms with Crippen molar-refractivity contribution >= 4 is 34.9 Å². The zero-order chi connectivity index (χ0) is 26.4. The molecule has 1 aromatic heterocycles. The van der Waals surface area contributed by atoms with Crippen molar-refractivity contribution in [1.29, 1.82) is 0 Å². The summed E-state index contributed by atoms with van der Waals surface area (Å²) in [6.45, 7) is 8.57. The van der Waals surface area contributed by atoms with Crippen molar-refractivity contribution in [2.45, 2.75) is 20.8 Å². The second kappa shape index (κ2) is 11.6. The number of hydrogen-bond acceptors (Lipinski definition) is 5. The molecule has 37 heavy (non-hydrogen) atoms. The molecule has 1 fully saturated rings. The quantitative estimate of drug-likeness (QED) is 0.425. The number of urea groups is 2. The first kappa shape index (κ1) is 25.7. The normalized spacial score (nSPS) is 13.2. The minimum atomic E-state index is -0.537. The van der Waals surface area contributed by atoms with Gasteiger partial charge < -0.3 is 30.5 Å². The maximum Gasteiger partial charge on any atom is 0.323 e. The van der Waals surface area contributed by atoms with E-state index in [9.17, 15) is 14.0 Å². The maximum atomic E-state index is 13.6. The molecule has 4 rings (SSSR count). The number of carbonyl (C=O) groups excluding carboxylic acids is 2. The lowest BCUT2D eigenvalue weighted by Gasteiger charge is -2.35. The highest BCUT2D eigenvalue weighted by atomic mass is 19.1. The predicted molar refractivity (Wildman–Crippen MR) is 143 cm³/mol. The van der Waals surface area contributed by atoms with Gasteiger partial charge in [-0.3, -0.25) is 0 Å². The van der Waals surface area contributed by atoms with Crippen LogP contribution < -0.4 is 25.6 Å². The summed E-state index contributed by atoms with van der Waals surface area (Å²) >= 11 is 0. The van der Waals surface area contributed by atoms with Gasteiger partial charge in [0.1, 0.15) is 17.4 Å². The van der Waals surface area contributed by atoms with Crippen LogP contribution in [0.4, 0.5) is 36.9 Å². The third-order valence-electron chi connectivity index (χ3n) is 6.10. The Morgan fingerprint density at radius 1 is 0.973 bits per heavy atom. The number of hydrogen-bond donors (Lipinski definition) is 3. The molecule has 0 spiro atoms. The Morgan fingerprint density at radius 2 is 1.70 bits per heavy atom. The van der Waals surface area contributed by atoms with Crippen LogP contribution in [0.2, 0.25) is 0 Å². The number of aryl methyl sites for hydroxylation is 2. The van der Waals surface area contributed by atoms with Gasteiger partial charge in [0, 0.05) is 37.9 Å². The topological polar surface area (TPSA) is 98.8 Å². The molecule has 3 aromatic rings. The Labute approximate surface area is 215 Å². The van der Waals surface area contributed by atoms with Crippen LogP contribution in [0.25, 0.3) is 0 Å². The van der Waals surface area contributed by atoms with Gasteiger partial charge in [0.15, 0.2) is 0 Å². The van der Waals surface area contributed by atoms with Gasteiger partial charge in [0.05, 0.1) is 24.2 Å². The molecule has 3 N–H and O–H groups in total. The Morgan fingerprint density at radius 3 is 2.35 bits per heavy atom. The van der Waals surface area contributed by atoms with Gasteiger partial charge in [-0.05, 0) is 56.2 Å². The van der Waals surface area contributed by atoms with Crippen LogP contribution in [0.5, 0.6) is 5.75 Å². The molecule has 0 saturated carbocycles. The monoisotopic (exact) mass is 506 g/mol. The van der Waals surface area contributed by atoms with E-state index in [1.165, 1.54) is 18.2 Å². The lowest BCUT2D eigenvalue weighted by Crippen LogP contribution is -2.50. The number of carbonyl (C=O) groups is 2. The van der Waals surface area contributed by atoms with Crippen molar-refractivity contribution in [2.24, 2.45) is 0 Å². The third kappa shape index (κ3) is 6.46. The number of rotatable bonds is 6. The van der Waals surface area contributed by atoms with E-state index in [0.29, 0.717) is 44.2 Å². The summed E-state index contributed by atoms with van der Waals surface area (Å²) < 4.78 is 19.1. The molecule has 2 aromatic carbocycles. The summed E-state index contributed by atoms with van der Waals surface area (Å²) in [4.78, 5) is 33.6. The molecule has 0 bridgehead atoms. The molecule has 0 atom stereocenters. The molecular weight excluding hydrogens is 475 g/mol. The Bertz CT molecular complexity index is 1240. The lowest BCUT2D eigenvalue weighted by atomic mass is 10.1. The Balaban J connectivity index is 1.29. The summed E-state index contributed by atoms with van der Waals surface area (Å²) in [6.07, 6.45) is 1.56. The first-order chi connectivity index (χ1) is 17.8. The number of aromatic nitrogens is 1. The first-order valence-electron chi connectivity index (χ1n) is 12.2. The molecule has 10 heteroatoms. The highest BCUT2D eigenvalue weighted by Crippen LogP contribution is 2.26. The molecule has 4 amide bonds. The molecule has 0 radical (unpaired) electrons. The number of piperazine rings is 1. The molecule has 0 unspecified atom stereocenters. The van der Waals surface area contributed by atoms with Crippen LogP contribution in [-0.4, -0.2) is 54.7 Å². The largest absolute Gasteiger partial charge is 0.492 e. The number of amides is 4. The van der Waals surface area contributed by atoms with E-state index < -0.39 is 11.8 Å². The average Bonchev–Trinajstić information content (AvgIpc) is 2.88. The van der Waals surface area contributed by atoms with E-state index in [0.717, 1.165) is 22.6 Å². The summed E-state index contributed by atoms with van der Waals surface area (Å²) in [5, 5.41) is 8.34. The van der Waals surface area contributed by atoms with Gasteiger partial charge >= 0.3 is 12.1 Å². The fraction of sp³-hybridized carbons (Fsp3) is 0.296.